The highest BCUT2D eigenvalue weighted by Crippen LogP contribution is 2.61. The summed E-state index contributed by atoms with van der Waals surface area (Å²) in [7, 11) is 0. The monoisotopic (exact) mass is 422 g/mol. The Bertz CT molecular complexity index is 1220. The Kier molecular flexibility index (Phi) is 4.34. The first-order valence-electron chi connectivity index (χ1n) is 11.5. The average molecular weight is 423 g/mol. The summed E-state index contributed by atoms with van der Waals surface area (Å²) < 4.78 is 0. The average Bonchev–Trinajstić information content (AvgIpc) is 3.48. The first-order valence-corrected chi connectivity index (χ1v) is 11.5. The number of amides is 1. The number of nitrogens with one attached hydrogen (secondary N) is 1. The number of fused-ring (bicyclic) bond motifs is 4. The number of rotatable bonds is 3. The van der Waals surface area contributed by atoms with Crippen molar-refractivity contribution in [1.29, 1.82) is 0 Å². The van der Waals surface area contributed by atoms with E-state index in [-0.39, 0.29) is 23.7 Å². The van der Waals surface area contributed by atoms with Gasteiger partial charge in [-0.15, -0.1) is 0 Å². The lowest BCUT2D eigenvalue weighted by Gasteiger charge is -2.37. The lowest BCUT2D eigenvalue weighted by molar-refractivity contribution is -0.127. The molecular weight excluding hydrogens is 396 g/mol. The third kappa shape index (κ3) is 2.47. The maximum absolute atomic E-state index is 14.3. The molecule has 4 heteroatoms. The second-order valence-corrected chi connectivity index (χ2v) is 9.26. The van der Waals surface area contributed by atoms with Crippen LogP contribution in [0.2, 0.25) is 0 Å². The third-order valence-electron chi connectivity index (χ3n) is 7.80. The van der Waals surface area contributed by atoms with E-state index in [0.717, 1.165) is 30.6 Å². The number of para-hydroxylation sites is 1. The van der Waals surface area contributed by atoms with Gasteiger partial charge in [0, 0.05) is 28.8 Å². The van der Waals surface area contributed by atoms with Crippen LogP contribution in [-0.4, -0.2) is 29.2 Å². The van der Waals surface area contributed by atoms with Crippen molar-refractivity contribution in [2.45, 2.75) is 37.3 Å². The van der Waals surface area contributed by atoms with Crippen LogP contribution in [0.25, 0.3) is 0 Å². The lowest BCUT2D eigenvalue weighted by atomic mass is 9.68. The van der Waals surface area contributed by atoms with Crippen molar-refractivity contribution in [1.82, 2.24) is 4.90 Å². The van der Waals surface area contributed by atoms with Crippen molar-refractivity contribution in [3.63, 3.8) is 0 Å². The van der Waals surface area contributed by atoms with E-state index in [1.807, 2.05) is 60.7 Å². The number of ketones is 1. The SMILES string of the molecule is Cc1ccccc1C1C2CCCN2C2(C(=O)Nc3ccccc32)C1C(=O)c1ccccc1. The number of benzene rings is 3. The van der Waals surface area contributed by atoms with Gasteiger partial charge in [-0.2, -0.15) is 0 Å². The van der Waals surface area contributed by atoms with Gasteiger partial charge in [-0.1, -0.05) is 72.8 Å². The minimum Gasteiger partial charge on any atom is -0.324 e. The fourth-order valence-electron chi connectivity index (χ4n) is 6.61. The molecule has 3 aliphatic heterocycles. The molecule has 0 saturated carbocycles. The van der Waals surface area contributed by atoms with Crippen molar-refractivity contribution in [3.8, 4) is 0 Å². The first kappa shape index (κ1) is 19.4. The zero-order chi connectivity index (χ0) is 21.9. The summed E-state index contributed by atoms with van der Waals surface area (Å²) in [6, 6.07) is 25.9. The minimum absolute atomic E-state index is 0.0386. The zero-order valence-corrected chi connectivity index (χ0v) is 18.1. The summed E-state index contributed by atoms with van der Waals surface area (Å²) in [5, 5.41) is 3.13. The molecule has 3 aromatic carbocycles. The standard InChI is InChI=1S/C28H26N2O2/c1-18-10-5-6-13-20(18)24-23-16-9-17-30(23)28(21-14-7-8-15-22(21)29-27(28)32)25(24)26(31)19-11-3-2-4-12-19/h2-8,10-15,23-25H,9,16-17H2,1H3,(H,29,32). The third-order valence-corrected chi connectivity index (χ3v) is 7.80. The first-order chi connectivity index (χ1) is 15.6. The van der Waals surface area contributed by atoms with Gasteiger partial charge in [-0.25, -0.2) is 0 Å². The normalized spacial score (nSPS) is 28.5. The molecule has 2 fully saturated rings. The minimum atomic E-state index is -0.975. The van der Waals surface area contributed by atoms with Gasteiger partial charge in [0.05, 0.1) is 5.92 Å². The van der Waals surface area contributed by atoms with E-state index in [1.54, 1.807) is 0 Å². The topological polar surface area (TPSA) is 49.4 Å². The molecule has 1 amide bonds. The van der Waals surface area contributed by atoms with Crippen LogP contribution in [0.3, 0.4) is 0 Å². The van der Waals surface area contributed by atoms with E-state index in [1.165, 1.54) is 11.1 Å². The molecule has 4 atom stereocenters. The second kappa shape index (κ2) is 7.14. The van der Waals surface area contributed by atoms with Gasteiger partial charge in [-0.05, 0) is 43.5 Å². The maximum Gasteiger partial charge on any atom is 0.250 e. The van der Waals surface area contributed by atoms with Gasteiger partial charge < -0.3 is 5.32 Å². The second-order valence-electron chi connectivity index (χ2n) is 9.26. The quantitative estimate of drug-likeness (QED) is 0.611. The summed E-state index contributed by atoms with van der Waals surface area (Å²) in [4.78, 5) is 30.5. The molecule has 160 valence electrons. The molecule has 3 aromatic rings. The van der Waals surface area contributed by atoms with Crippen LogP contribution in [0.4, 0.5) is 5.69 Å². The number of hydrogen-bond acceptors (Lipinski definition) is 3. The van der Waals surface area contributed by atoms with Crippen LogP contribution in [0.5, 0.6) is 0 Å². The smallest absolute Gasteiger partial charge is 0.250 e. The Balaban J connectivity index is 1.64. The van der Waals surface area contributed by atoms with Crippen LogP contribution >= 0.6 is 0 Å². The molecule has 2 saturated heterocycles. The Labute approximate surface area is 188 Å². The van der Waals surface area contributed by atoms with Gasteiger partial charge in [0.1, 0.15) is 5.54 Å². The van der Waals surface area contributed by atoms with E-state index in [2.05, 4.69) is 35.3 Å². The number of carbonyl (C=O) groups excluding carboxylic acids is 2. The summed E-state index contributed by atoms with van der Waals surface area (Å²) in [6.45, 7) is 2.94. The number of anilines is 1. The van der Waals surface area contributed by atoms with Gasteiger partial charge in [-0.3, -0.25) is 14.5 Å². The van der Waals surface area contributed by atoms with Gasteiger partial charge in [0.15, 0.2) is 5.78 Å². The summed E-state index contributed by atoms with van der Waals surface area (Å²) in [5.74, 6) is -0.528. The fraction of sp³-hybridized carbons (Fsp3) is 0.286. The van der Waals surface area contributed by atoms with E-state index in [0.29, 0.717) is 5.56 Å². The molecule has 0 radical (unpaired) electrons. The highest BCUT2D eigenvalue weighted by atomic mass is 16.2. The number of hydrogen-bond donors (Lipinski definition) is 1. The Morgan fingerprint density at radius 3 is 2.50 bits per heavy atom. The molecule has 1 N–H and O–H groups in total. The molecule has 3 heterocycles. The van der Waals surface area contributed by atoms with Crippen molar-refractivity contribution in [3.05, 3.63) is 101 Å². The summed E-state index contributed by atoms with van der Waals surface area (Å²) >= 11 is 0. The molecule has 4 nitrogen and oxygen atoms in total. The van der Waals surface area contributed by atoms with Gasteiger partial charge in [0.2, 0.25) is 5.91 Å². The van der Waals surface area contributed by atoms with Crippen molar-refractivity contribution < 1.29 is 9.59 Å². The van der Waals surface area contributed by atoms with Crippen LogP contribution in [0.1, 0.15) is 45.8 Å². The van der Waals surface area contributed by atoms with E-state index in [4.69, 9.17) is 0 Å². The van der Waals surface area contributed by atoms with E-state index < -0.39 is 11.5 Å². The number of nitrogens with zero attached hydrogens (tertiary/aromatic N) is 1. The van der Waals surface area contributed by atoms with Crippen LogP contribution in [0.15, 0.2) is 78.9 Å². The molecular formula is C28H26N2O2. The molecule has 32 heavy (non-hydrogen) atoms. The Hall–Kier alpha value is -3.24. The Morgan fingerprint density at radius 2 is 1.69 bits per heavy atom. The predicted molar refractivity (Wildman–Crippen MR) is 125 cm³/mol. The summed E-state index contributed by atoms with van der Waals surface area (Å²) in [5.41, 5.74) is 3.85. The zero-order valence-electron chi connectivity index (χ0n) is 18.1. The largest absolute Gasteiger partial charge is 0.324 e. The fourth-order valence-corrected chi connectivity index (χ4v) is 6.61. The van der Waals surface area contributed by atoms with Crippen LogP contribution in [-0.2, 0) is 10.3 Å². The van der Waals surface area contributed by atoms with Crippen molar-refractivity contribution >= 4 is 17.4 Å². The molecule has 6 rings (SSSR count). The van der Waals surface area contributed by atoms with Crippen molar-refractivity contribution in [2.75, 3.05) is 11.9 Å². The van der Waals surface area contributed by atoms with Gasteiger partial charge in [0.25, 0.3) is 0 Å². The molecule has 4 unspecified atom stereocenters. The predicted octanol–water partition coefficient (Wildman–Crippen LogP) is 4.90. The number of Topliss-reactive ketones (excluding diaryl/α,β-unsaturated/α-hetero) is 1. The molecule has 0 aliphatic carbocycles. The molecule has 0 aromatic heterocycles. The van der Waals surface area contributed by atoms with E-state index in [9.17, 15) is 9.59 Å². The van der Waals surface area contributed by atoms with Crippen LogP contribution in [0, 0.1) is 12.8 Å². The van der Waals surface area contributed by atoms with Crippen LogP contribution < -0.4 is 5.32 Å². The van der Waals surface area contributed by atoms with E-state index >= 15 is 0 Å². The highest BCUT2D eigenvalue weighted by molar-refractivity contribution is 6.12. The number of carbonyl (C=O) groups is 2. The Morgan fingerprint density at radius 1 is 0.969 bits per heavy atom. The molecule has 0 bridgehead atoms. The highest BCUT2D eigenvalue weighted by Gasteiger charge is 2.69. The summed E-state index contributed by atoms with van der Waals surface area (Å²) in [6.07, 6.45) is 2.03. The van der Waals surface area contributed by atoms with Gasteiger partial charge >= 0.3 is 0 Å². The number of aryl methyl sites for hydroxylation is 1. The maximum atomic E-state index is 14.3. The molecule has 3 aliphatic rings. The molecule has 1 spiro atoms. The van der Waals surface area contributed by atoms with Crippen molar-refractivity contribution in [2.24, 2.45) is 5.92 Å². The lowest BCUT2D eigenvalue weighted by Crippen LogP contribution is -2.52.